The SMILES string of the molecule is COc1ncccc1C1(O)CC2CCC(C1)N2C(=O)OCC1c2ccccc2-c2ccccc21. The average molecular weight is 457 g/mol. The number of amides is 1. The van der Waals surface area contributed by atoms with Gasteiger partial charge in [0, 0.05) is 42.6 Å². The number of hydrogen-bond acceptors (Lipinski definition) is 5. The molecule has 2 bridgehead atoms. The quantitative estimate of drug-likeness (QED) is 0.607. The van der Waals surface area contributed by atoms with Gasteiger partial charge in [-0.2, -0.15) is 0 Å². The first-order valence-electron chi connectivity index (χ1n) is 11.9. The minimum Gasteiger partial charge on any atom is -0.481 e. The van der Waals surface area contributed by atoms with Crippen molar-refractivity contribution in [3.8, 4) is 17.0 Å². The Morgan fingerprint density at radius 2 is 1.62 bits per heavy atom. The Kier molecular flexibility index (Phi) is 5.06. The minimum absolute atomic E-state index is 0.0374. The number of aliphatic hydroxyl groups is 1. The molecule has 2 fully saturated rings. The van der Waals surface area contributed by atoms with Crippen LogP contribution in [-0.4, -0.2) is 46.9 Å². The van der Waals surface area contributed by atoms with E-state index in [2.05, 4.69) is 29.2 Å². The molecule has 2 aliphatic heterocycles. The van der Waals surface area contributed by atoms with Gasteiger partial charge in [0.25, 0.3) is 0 Å². The summed E-state index contributed by atoms with van der Waals surface area (Å²) in [6.45, 7) is 0.309. The summed E-state index contributed by atoms with van der Waals surface area (Å²) in [6, 6.07) is 20.2. The van der Waals surface area contributed by atoms with Crippen molar-refractivity contribution in [1.29, 1.82) is 0 Å². The van der Waals surface area contributed by atoms with E-state index >= 15 is 0 Å². The molecule has 1 N–H and O–H groups in total. The first kappa shape index (κ1) is 21.2. The van der Waals surface area contributed by atoms with Crippen LogP contribution in [0.1, 0.15) is 48.3 Å². The van der Waals surface area contributed by atoms with E-state index in [4.69, 9.17) is 9.47 Å². The topological polar surface area (TPSA) is 71.9 Å². The zero-order valence-electron chi connectivity index (χ0n) is 19.2. The second-order valence-corrected chi connectivity index (χ2v) is 9.60. The number of carbonyl (C=O) groups excluding carboxylic acids is 1. The average Bonchev–Trinajstić information content (AvgIpc) is 3.34. The Bertz CT molecular complexity index is 1180. The molecule has 2 atom stereocenters. The molecule has 1 amide bonds. The van der Waals surface area contributed by atoms with E-state index in [0.29, 0.717) is 30.9 Å². The van der Waals surface area contributed by atoms with Crippen molar-refractivity contribution < 1.29 is 19.4 Å². The number of hydrogen-bond donors (Lipinski definition) is 1. The van der Waals surface area contributed by atoms with Crippen molar-refractivity contribution in [1.82, 2.24) is 9.88 Å². The van der Waals surface area contributed by atoms with E-state index < -0.39 is 5.60 Å². The molecule has 3 aliphatic rings. The van der Waals surface area contributed by atoms with Crippen LogP contribution in [0.3, 0.4) is 0 Å². The number of carbonyl (C=O) groups is 1. The number of rotatable bonds is 4. The molecule has 6 rings (SSSR count). The number of fused-ring (bicyclic) bond motifs is 5. The molecule has 174 valence electrons. The van der Waals surface area contributed by atoms with Crippen molar-refractivity contribution in [3.05, 3.63) is 83.6 Å². The molecule has 1 aliphatic carbocycles. The highest BCUT2D eigenvalue weighted by molar-refractivity contribution is 5.79. The molecule has 6 heteroatoms. The van der Waals surface area contributed by atoms with Crippen molar-refractivity contribution in [3.63, 3.8) is 0 Å². The highest BCUT2D eigenvalue weighted by atomic mass is 16.6. The second-order valence-electron chi connectivity index (χ2n) is 9.60. The standard InChI is InChI=1S/C28H28N2O4/c1-33-26-25(11-6-14-29-26)28(32)15-18-12-13-19(16-28)30(18)27(31)34-17-24-22-9-4-2-7-20(22)21-8-3-5-10-23(21)24/h2-11,14,18-19,24,32H,12-13,15-17H2,1H3. The van der Waals surface area contributed by atoms with Crippen LogP contribution in [0.4, 0.5) is 4.79 Å². The number of nitrogens with zero attached hydrogens (tertiary/aromatic N) is 2. The van der Waals surface area contributed by atoms with Crippen molar-refractivity contribution >= 4 is 6.09 Å². The van der Waals surface area contributed by atoms with Gasteiger partial charge in [-0.05, 0) is 47.2 Å². The molecule has 3 heterocycles. The van der Waals surface area contributed by atoms with Gasteiger partial charge >= 0.3 is 6.09 Å². The lowest BCUT2D eigenvalue weighted by Gasteiger charge is -2.43. The summed E-state index contributed by atoms with van der Waals surface area (Å²) in [5.41, 5.74) is 4.47. The van der Waals surface area contributed by atoms with Gasteiger partial charge < -0.3 is 19.5 Å². The first-order chi connectivity index (χ1) is 16.6. The van der Waals surface area contributed by atoms with Crippen LogP contribution in [0.15, 0.2) is 66.9 Å². The second kappa shape index (κ2) is 8.13. The number of ether oxygens (including phenoxy) is 2. The summed E-state index contributed by atoms with van der Waals surface area (Å²) in [4.78, 5) is 19.4. The van der Waals surface area contributed by atoms with Gasteiger partial charge in [-0.25, -0.2) is 9.78 Å². The largest absolute Gasteiger partial charge is 0.481 e. The van der Waals surface area contributed by atoms with Crippen LogP contribution in [0.25, 0.3) is 11.1 Å². The molecular weight excluding hydrogens is 428 g/mol. The highest BCUT2D eigenvalue weighted by Crippen LogP contribution is 2.48. The summed E-state index contributed by atoms with van der Waals surface area (Å²) in [5.74, 6) is 0.481. The van der Waals surface area contributed by atoms with Crippen molar-refractivity contribution in [2.75, 3.05) is 13.7 Å². The molecule has 3 aromatic rings. The Balaban J connectivity index is 1.19. The molecule has 2 saturated heterocycles. The van der Waals surface area contributed by atoms with E-state index in [9.17, 15) is 9.90 Å². The Labute approximate surface area is 199 Å². The molecule has 1 aromatic heterocycles. The molecule has 2 aromatic carbocycles. The van der Waals surface area contributed by atoms with E-state index in [-0.39, 0.29) is 24.1 Å². The van der Waals surface area contributed by atoms with E-state index in [1.165, 1.54) is 22.3 Å². The highest BCUT2D eigenvalue weighted by Gasteiger charge is 2.51. The van der Waals surface area contributed by atoms with Gasteiger partial charge in [-0.3, -0.25) is 0 Å². The van der Waals surface area contributed by atoms with E-state index in [1.807, 2.05) is 41.3 Å². The Morgan fingerprint density at radius 1 is 1.00 bits per heavy atom. The molecule has 6 nitrogen and oxygen atoms in total. The van der Waals surface area contributed by atoms with Crippen LogP contribution in [-0.2, 0) is 10.3 Å². The fourth-order valence-electron chi connectivity index (χ4n) is 6.32. The van der Waals surface area contributed by atoms with Gasteiger partial charge in [0.15, 0.2) is 0 Å². The van der Waals surface area contributed by atoms with Gasteiger partial charge in [-0.15, -0.1) is 0 Å². The van der Waals surface area contributed by atoms with Crippen molar-refractivity contribution in [2.45, 2.75) is 49.3 Å². The van der Waals surface area contributed by atoms with E-state index in [1.54, 1.807) is 13.3 Å². The first-order valence-corrected chi connectivity index (χ1v) is 11.9. The fourth-order valence-corrected chi connectivity index (χ4v) is 6.32. The summed E-state index contributed by atoms with van der Waals surface area (Å²) in [7, 11) is 1.57. The third-order valence-corrected chi connectivity index (χ3v) is 7.78. The van der Waals surface area contributed by atoms with Crippen molar-refractivity contribution in [2.24, 2.45) is 0 Å². The van der Waals surface area contributed by atoms with Gasteiger partial charge in [0.1, 0.15) is 6.61 Å². The van der Waals surface area contributed by atoms with Crippen LogP contribution >= 0.6 is 0 Å². The van der Waals surface area contributed by atoms with Gasteiger partial charge in [-0.1, -0.05) is 48.5 Å². The fraction of sp³-hybridized carbons (Fsp3) is 0.357. The molecule has 0 radical (unpaired) electrons. The zero-order chi connectivity index (χ0) is 23.3. The van der Waals surface area contributed by atoms with Crippen LogP contribution in [0, 0.1) is 0 Å². The smallest absolute Gasteiger partial charge is 0.410 e. The summed E-state index contributed by atoms with van der Waals surface area (Å²) < 4.78 is 11.4. The lowest BCUT2D eigenvalue weighted by molar-refractivity contribution is -0.0545. The number of methoxy groups -OCH3 is 1. The minimum atomic E-state index is -1.06. The summed E-state index contributed by atoms with van der Waals surface area (Å²) in [6.07, 6.45) is 4.01. The predicted octanol–water partition coefficient (Wildman–Crippen LogP) is 4.85. The van der Waals surface area contributed by atoms with Gasteiger partial charge in [0.2, 0.25) is 5.88 Å². The normalized spacial score (nSPS) is 25.1. The zero-order valence-corrected chi connectivity index (χ0v) is 19.2. The molecule has 2 unspecified atom stereocenters. The Hall–Kier alpha value is -3.38. The maximum absolute atomic E-state index is 13.3. The molecular formula is C28H28N2O4. The van der Waals surface area contributed by atoms with Crippen LogP contribution in [0.2, 0.25) is 0 Å². The Morgan fingerprint density at radius 3 is 2.24 bits per heavy atom. The number of aromatic nitrogens is 1. The molecule has 34 heavy (non-hydrogen) atoms. The number of benzene rings is 2. The summed E-state index contributed by atoms with van der Waals surface area (Å²) >= 11 is 0. The van der Waals surface area contributed by atoms with E-state index in [0.717, 1.165) is 12.8 Å². The predicted molar refractivity (Wildman–Crippen MR) is 128 cm³/mol. The number of pyridine rings is 1. The summed E-state index contributed by atoms with van der Waals surface area (Å²) in [5, 5.41) is 11.6. The monoisotopic (exact) mass is 456 g/mol. The third kappa shape index (κ3) is 3.28. The van der Waals surface area contributed by atoms with Gasteiger partial charge in [0.05, 0.1) is 12.7 Å². The lowest BCUT2D eigenvalue weighted by Crippen LogP contribution is -2.52. The van der Waals surface area contributed by atoms with Crippen LogP contribution < -0.4 is 4.74 Å². The number of piperidine rings is 1. The maximum Gasteiger partial charge on any atom is 0.410 e. The van der Waals surface area contributed by atoms with Crippen LogP contribution in [0.5, 0.6) is 5.88 Å². The molecule has 0 spiro atoms. The lowest BCUT2D eigenvalue weighted by atomic mass is 9.81. The third-order valence-electron chi connectivity index (χ3n) is 7.78. The maximum atomic E-state index is 13.3. The molecule has 0 saturated carbocycles.